The highest BCUT2D eigenvalue weighted by atomic mass is 16.6. The second-order valence-electron chi connectivity index (χ2n) is 6.80. The Balaban J connectivity index is 1.87. The standard InChI is InChI=1S/C15H25N5O3/c1-15(2,3)23-14(22)19-12-7-5-4-6-11(12)18-13(21)8-20-10-16-9-17-20/h9-12H,4-8H2,1-3H3,(H,18,21)(H,19,22)/t11-,12+/m1/s1. The van der Waals surface area contributed by atoms with E-state index in [-0.39, 0.29) is 24.5 Å². The van der Waals surface area contributed by atoms with Gasteiger partial charge in [-0.2, -0.15) is 5.10 Å². The van der Waals surface area contributed by atoms with E-state index in [2.05, 4.69) is 20.7 Å². The third-order valence-corrected chi connectivity index (χ3v) is 3.59. The Hall–Kier alpha value is -2.12. The van der Waals surface area contributed by atoms with E-state index in [1.54, 1.807) is 0 Å². The summed E-state index contributed by atoms with van der Waals surface area (Å²) in [6, 6.07) is -0.203. The van der Waals surface area contributed by atoms with Crippen molar-refractivity contribution in [3.63, 3.8) is 0 Å². The molecule has 2 N–H and O–H groups in total. The van der Waals surface area contributed by atoms with Crippen LogP contribution in [0.1, 0.15) is 46.5 Å². The largest absolute Gasteiger partial charge is 0.444 e. The van der Waals surface area contributed by atoms with Crippen LogP contribution in [-0.4, -0.2) is 44.4 Å². The molecule has 1 aliphatic carbocycles. The Morgan fingerprint density at radius 1 is 1.22 bits per heavy atom. The number of hydrogen-bond donors (Lipinski definition) is 2. The van der Waals surface area contributed by atoms with Crippen LogP contribution in [0.2, 0.25) is 0 Å². The summed E-state index contributed by atoms with van der Waals surface area (Å²) in [5.74, 6) is -0.140. The Bertz CT molecular complexity index is 524. The van der Waals surface area contributed by atoms with Crippen LogP contribution in [0.3, 0.4) is 0 Å². The van der Waals surface area contributed by atoms with Gasteiger partial charge in [0.05, 0.1) is 6.04 Å². The second-order valence-corrected chi connectivity index (χ2v) is 6.80. The van der Waals surface area contributed by atoms with Gasteiger partial charge in [-0.25, -0.2) is 14.5 Å². The van der Waals surface area contributed by atoms with Gasteiger partial charge in [0, 0.05) is 6.04 Å². The van der Waals surface area contributed by atoms with E-state index in [4.69, 9.17) is 4.74 Å². The molecule has 2 rings (SSSR count). The van der Waals surface area contributed by atoms with Crippen LogP contribution in [0.4, 0.5) is 4.79 Å². The lowest BCUT2D eigenvalue weighted by Gasteiger charge is -2.33. The molecule has 0 bridgehead atoms. The predicted molar refractivity (Wildman–Crippen MR) is 83.6 cm³/mol. The number of rotatable bonds is 4. The smallest absolute Gasteiger partial charge is 0.407 e. The molecular weight excluding hydrogens is 298 g/mol. The van der Waals surface area contributed by atoms with Crippen LogP contribution in [0.25, 0.3) is 0 Å². The highest BCUT2D eigenvalue weighted by Gasteiger charge is 2.29. The first kappa shape index (κ1) is 17.2. The van der Waals surface area contributed by atoms with Crippen LogP contribution in [0.5, 0.6) is 0 Å². The van der Waals surface area contributed by atoms with Crippen LogP contribution < -0.4 is 10.6 Å². The molecule has 23 heavy (non-hydrogen) atoms. The van der Waals surface area contributed by atoms with Gasteiger partial charge >= 0.3 is 6.09 Å². The summed E-state index contributed by atoms with van der Waals surface area (Å²) in [6.45, 7) is 5.59. The zero-order valence-corrected chi connectivity index (χ0v) is 13.9. The van der Waals surface area contributed by atoms with Crippen molar-refractivity contribution < 1.29 is 14.3 Å². The van der Waals surface area contributed by atoms with E-state index < -0.39 is 11.7 Å². The molecule has 1 aliphatic rings. The van der Waals surface area contributed by atoms with E-state index in [0.29, 0.717) is 0 Å². The van der Waals surface area contributed by atoms with E-state index in [1.165, 1.54) is 17.3 Å². The van der Waals surface area contributed by atoms with Gasteiger partial charge in [0.1, 0.15) is 24.8 Å². The maximum absolute atomic E-state index is 12.1. The SMILES string of the molecule is CC(C)(C)OC(=O)N[C@H]1CCCC[C@H]1NC(=O)Cn1cncn1. The quantitative estimate of drug-likeness (QED) is 0.868. The second kappa shape index (κ2) is 7.43. The van der Waals surface area contributed by atoms with Crippen molar-refractivity contribution in [2.75, 3.05) is 0 Å². The molecular formula is C15H25N5O3. The van der Waals surface area contributed by atoms with Crippen molar-refractivity contribution in [2.45, 2.75) is 70.7 Å². The van der Waals surface area contributed by atoms with E-state index in [1.807, 2.05) is 20.8 Å². The molecule has 1 heterocycles. The average Bonchev–Trinajstić information content (AvgIpc) is 2.91. The first-order valence-corrected chi connectivity index (χ1v) is 7.95. The van der Waals surface area contributed by atoms with Gasteiger partial charge in [0.25, 0.3) is 0 Å². The van der Waals surface area contributed by atoms with Crippen molar-refractivity contribution in [3.05, 3.63) is 12.7 Å². The third-order valence-electron chi connectivity index (χ3n) is 3.59. The van der Waals surface area contributed by atoms with Gasteiger partial charge in [-0.15, -0.1) is 0 Å². The molecule has 8 nitrogen and oxygen atoms in total. The molecule has 0 saturated heterocycles. The Kier molecular flexibility index (Phi) is 5.57. The summed E-state index contributed by atoms with van der Waals surface area (Å²) in [7, 11) is 0. The maximum atomic E-state index is 12.1. The first-order chi connectivity index (χ1) is 10.8. The number of carbonyl (C=O) groups excluding carboxylic acids is 2. The molecule has 1 aromatic heterocycles. The number of nitrogens with one attached hydrogen (secondary N) is 2. The molecule has 2 amide bonds. The molecule has 0 aromatic carbocycles. The fourth-order valence-electron chi connectivity index (χ4n) is 2.65. The lowest BCUT2D eigenvalue weighted by Crippen LogP contribution is -2.54. The van der Waals surface area contributed by atoms with Gasteiger partial charge in [-0.3, -0.25) is 4.79 Å². The molecule has 0 radical (unpaired) electrons. The minimum absolute atomic E-state index is 0.0905. The summed E-state index contributed by atoms with van der Waals surface area (Å²) in [5, 5.41) is 9.77. The number of amides is 2. The summed E-state index contributed by atoms with van der Waals surface area (Å²) in [5.41, 5.74) is -0.537. The van der Waals surface area contributed by atoms with Gasteiger partial charge in [-0.1, -0.05) is 12.8 Å². The molecule has 8 heteroatoms. The van der Waals surface area contributed by atoms with E-state index in [0.717, 1.165) is 25.7 Å². The number of alkyl carbamates (subject to hydrolysis) is 1. The third kappa shape index (κ3) is 5.88. The highest BCUT2D eigenvalue weighted by molar-refractivity contribution is 5.76. The average molecular weight is 323 g/mol. The molecule has 1 aromatic rings. The van der Waals surface area contributed by atoms with E-state index >= 15 is 0 Å². The first-order valence-electron chi connectivity index (χ1n) is 7.95. The van der Waals surface area contributed by atoms with Crippen LogP contribution in [-0.2, 0) is 16.1 Å². The van der Waals surface area contributed by atoms with Crippen LogP contribution in [0.15, 0.2) is 12.7 Å². The Morgan fingerprint density at radius 2 is 1.87 bits per heavy atom. The molecule has 1 fully saturated rings. The summed E-state index contributed by atoms with van der Waals surface area (Å²) in [6.07, 6.45) is 6.16. The number of ether oxygens (including phenoxy) is 1. The number of nitrogens with zero attached hydrogens (tertiary/aromatic N) is 3. The minimum atomic E-state index is -0.537. The molecule has 0 spiro atoms. The topological polar surface area (TPSA) is 98.1 Å². The number of hydrogen-bond acceptors (Lipinski definition) is 5. The van der Waals surface area contributed by atoms with Crippen molar-refractivity contribution in [1.82, 2.24) is 25.4 Å². The lowest BCUT2D eigenvalue weighted by atomic mass is 9.90. The number of aromatic nitrogens is 3. The van der Waals surface area contributed by atoms with Crippen molar-refractivity contribution in [3.8, 4) is 0 Å². The zero-order chi connectivity index (χ0) is 16.9. The summed E-state index contributed by atoms with van der Waals surface area (Å²) < 4.78 is 6.76. The Labute approximate surface area is 136 Å². The Morgan fingerprint density at radius 3 is 2.43 bits per heavy atom. The fraction of sp³-hybridized carbons (Fsp3) is 0.733. The van der Waals surface area contributed by atoms with Crippen LogP contribution in [0, 0.1) is 0 Å². The van der Waals surface area contributed by atoms with Crippen molar-refractivity contribution >= 4 is 12.0 Å². The number of carbonyl (C=O) groups is 2. The molecule has 128 valence electrons. The summed E-state index contributed by atoms with van der Waals surface area (Å²) >= 11 is 0. The molecule has 0 unspecified atom stereocenters. The van der Waals surface area contributed by atoms with Crippen molar-refractivity contribution in [1.29, 1.82) is 0 Å². The monoisotopic (exact) mass is 323 g/mol. The molecule has 2 atom stereocenters. The lowest BCUT2D eigenvalue weighted by molar-refractivity contribution is -0.123. The fourth-order valence-corrected chi connectivity index (χ4v) is 2.65. The van der Waals surface area contributed by atoms with Gasteiger partial charge < -0.3 is 15.4 Å². The van der Waals surface area contributed by atoms with E-state index in [9.17, 15) is 9.59 Å². The summed E-state index contributed by atoms with van der Waals surface area (Å²) in [4.78, 5) is 27.8. The van der Waals surface area contributed by atoms with Gasteiger partial charge in [0.15, 0.2) is 0 Å². The normalized spacial score (nSPS) is 21.5. The zero-order valence-electron chi connectivity index (χ0n) is 13.9. The maximum Gasteiger partial charge on any atom is 0.407 e. The highest BCUT2D eigenvalue weighted by Crippen LogP contribution is 2.19. The van der Waals surface area contributed by atoms with Gasteiger partial charge in [0.2, 0.25) is 5.91 Å². The van der Waals surface area contributed by atoms with Crippen molar-refractivity contribution in [2.24, 2.45) is 0 Å². The van der Waals surface area contributed by atoms with Gasteiger partial charge in [-0.05, 0) is 33.6 Å². The van der Waals surface area contributed by atoms with Crippen LogP contribution >= 0.6 is 0 Å². The molecule has 0 aliphatic heterocycles. The minimum Gasteiger partial charge on any atom is -0.444 e. The predicted octanol–water partition coefficient (Wildman–Crippen LogP) is 1.23. The molecule has 1 saturated carbocycles.